The van der Waals surface area contributed by atoms with Gasteiger partial charge in [0.25, 0.3) is 5.91 Å². The minimum Gasteiger partial charge on any atom is -0.493 e. The van der Waals surface area contributed by atoms with Gasteiger partial charge < -0.3 is 19.2 Å². The Labute approximate surface area is 202 Å². The van der Waals surface area contributed by atoms with Crippen LogP contribution in [-0.2, 0) is 9.53 Å². The predicted molar refractivity (Wildman–Crippen MR) is 131 cm³/mol. The predicted octanol–water partition coefficient (Wildman–Crippen LogP) is 4.50. The molecule has 4 aromatic rings. The van der Waals surface area contributed by atoms with E-state index in [0.717, 1.165) is 23.9 Å². The summed E-state index contributed by atoms with van der Waals surface area (Å²) in [6, 6.07) is 19.1. The van der Waals surface area contributed by atoms with Gasteiger partial charge in [0.05, 0.1) is 18.9 Å². The molecule has 1 aliphatic heterocycles. The van der Waals surface area contributed by atoms with Gasteiger partial charge in [0.2, 0.25) is 0 Å². The van der Waals surface area contributed by atoms with Crippen molar-refractivity contribution >= 4 is 23.0 Å². The third-order valence-corrected chi connectivity index (χ3v) is 5.90. The Morgan fingerprint density at radius 2 is 2.14 bits per heavy atom. The van der Waals surface area contributed by atoms with Crippen LogP contribution in [-0.4, -0.2) is 42.1 Å². The zero-order valence-electron chi connectivity index (χ0n) is 19.2. The summed E-state index contributed by atoms with van der Waals surface area (Å²) in [4.78, 5) is 12.8. The summed E-state index contributed by atoms with van der Waals surface area (Å²) in [6.07, 6.45) is 5.18. The van der Waals surface area contributed by atoms with Crippen molar-refractivity contribution in [2.24, 2.45) is 0 Å². The molecule has 8 heteroatoms. The fourth-order valence-electron chi connectivity index (χ4n) is 4.12. The van der Waals surface area contributed by atoms with Crippen molar-refractivity contribution in [3.8, 4) is 29.0 Å². The second-order valence-corrected chi connectivity index (χ2v) is 8.22. The van der Waals surface area contributed by atoms with E-state index in [1.807, 2.05) is 60.7 Å². The number of nitrogens with zero attached hydrogens (tertiary/aromatic N) is 3. The number of rotatable bonds is 7. The molecule has 176 valence electrons. The van der Waals surface area contributed by atoms with E-state index in [2.05, 4.69) is 5.32 Å². The largest absolute Gasteiger partial charge is 0.493 e. The summed E-state index contributed by atoms with van der Waals surface area (Å²) < 4.78 is 18.8. The third kappa shape index (κ3) is 4.67. The van der Waals surface area contributed by atoms with Crippen LogP contribution in [0.2, 0.25) is 0 Å². The van der Waals surface area contributed by atoms with Crippen molar-refractivity contribution in [3.05, 3.63) is 71.9 Å². The first kappa shape index (κ1) is 22.4. The topological polar surface area (TPSA) is 102 Å². The molecule has 0 saturated carbocycles. The van der Waals surface area contributed by atoms with Crippen molar-refractivity contribution in [1.82, 2.24) is 15.1 Å². The first-order valence-corrected chi connectivity index (χ1v) is 11.4. The van der Waals surface area contributed by atoms with Crippen LogP contribution < -0.4 is 10.1 Å². The van der Waals surface area contributed by atoms with Gasteiger partial charge in [-0.2, -0.15) is 10.4 Å². The highest BCUT2D eigenvalue weighted by atomic mass is 16.5. The fourth-order valence-corrected chi connectivity index (χ4v) is 4.12. The van der Waals surface area contributed by atoms with Gasteiger partial charge >= 0.3 is 0 Å². The lowest BCUT2D eigenvalue weighted by Crippen LogP contribution is -2.32. The normalized spacial score (nSPS) is 15.8. The number of fused-ring (bicyclic) bond motifs is 1. The highest BCUT2D eigenvalue weighted by molar-refractivity contribution is 6.02. The SMILES string of the molecule is COc1cccc2cc(-c3nn(-c4ccccc4)cc3C=C(C#N)C(=O)NCC3CCCO3)oc12. The molecule has 1 unspecified atom stereocenters. The Morgan fingerprint density at radius 1 is 1.29 bits per heavy atom. The summed E-state index contributed by atoms with van der Waals surface area (Å²) in [5.41, 5.74) is 2.50. The zero-order chi connectivity index (χ0) is 24.2. The maximum Gasteiger partial charge on any atom is 0.262 e. The first-order valence-electron chi connectivity index (χ1n) is 11.4. The van der Waals surface area contributed by atoms with Crippen molar-refractivity contribution < 1.29 is 18.7 Å². The number of hydrogen-bond acceptors (Lipinski definition) is 6. The van der Waals surface area contributed by atoms with Gasteiger partial charge in [-0.15, -0.1) is 0 Å². The van der Waals surface area contributed by atoms with Crippen molar-refractivity contribution in [3.63, 3.8) is 0 Å². The molecule has 0 radical (unpaired) electrons. The van der Waals surface area contributed by atoms with Crippen LogP contribution in [0, 0.1) is 11.3 Å². The van der Waals surface area contributed by atoms with Gasteiger partial charge in [0.15, 0.2) is 17.1 Å². The maximum atomic E-state index is 12.8. The monoisotopic (exact) mass is 468 g/mol. The maximum absolute atomic E-state index is 12.8. The van der Waals surface area contributed by atoms with Gasteiger partial charge in [-0.1, -0.05) is 30.3 Å². The number of carbonyl (C=O) groups is 1. The van der Waals surface area contributed by atoms with Crippen LogP contribution in [0.25, 0.3) is 34.2 Å². The molecule has 1 atom stereocenters. The lowest BCUT2D eigenvalue weighted by Gasteiger charge is -2.10. The summed E-state index contributed by atoms with van der Waals surface area (Å²) in [5, 5.41) is 18.1. The molecule has 1 fully saturated rings. The van der Waals surface area contributed by atoms with Crippen LogP contribution >= 0.6 is 0 Å². The highest BCUT2D eigenvalue weighted by Gasteiger charge is 2.21. The van der Waals surface area contributed by atoms with Crippen LogP contribution in [0.5, 0.6) is 5.75 Å². The molecule has 0 aliphatic carbocycles. The molecule has 35 heavy (non-hydrogen) atoms. The second-order valence-electron chi connectivity index (χ2n) is 8.22. The first-order chi connectivity index (χ1) is 17.2. The van der Waals surface area contributed by atoms with Crippen LogP contribution in [0.1, 0.15) is 18.4 Å². The lowest BCUT2D eigenvalue weighted by atomic mass is 10.1. The number of benzene rings is 2. The van der Waals surface area contributed by atoms with E-state index in [1.54, 1.807) is 18.0 Å². The molecule has 2 aromatic carbocycles. The molecular formula is C27H24N4O4. The van der Waals surface area contributed by atoms with Crippen molar-refractivity contribution in [2.75, 3.05) is 20.3 Å². The fraction of sp³-hybridized carbons (Fsp3) is 0.222. The molecule has 1 N–H and O–H groups in total. The van der Waals surface area contributed by atoms with Gasteiger partial charge in [0.1, 0.15) is 17.3 Å². The van der Waals surface area contributed by atoms with E-state index in [4.69, 9.17) is 19.0 Å². The number of methoxy groups -OCH3 is 1. The standard InChI is InChI=1S/C27H24N4O4/c1-33-23-11-5-7-18-14-24(35-26(18)23)25-20(17-31(30-25)21-8-3-2-4-9-21)13-19(15-28)27(32)29-16-22-10-6-12-34-22/h2-5,7-9,11,13-14,17,22H,6,10,12,16H2,1H3,(H,29,32). The number of carbonyl (C=O) groups excluding carboxylic acids is 1. The number of hydrogen-bond donors (Lipinski definition) is 1. The van der Waals surface area contributed by atoms with Gasteiger partial charge in [-0.05, 0) is 43.2 Å². The quantitative estimate of drug-likeness (QED) is 0.317. The molecule has 1 aliphatic rings. The zero-order valence-corrected chi connectivity index (χ0v) is 19.2. The molecule has 3 heterocycles. The highest BCUT2D eigenvalue weighted by Crippen LogP contribution is 2.35. The summed E-state index contributed by atoms with van der Waals surface area (Å²) >= 11 is 0. The molecule has 8 nitrogen and oxygen atoms in total. The summed E-state index contributed by atoms with van der Waals surface area (Å²) in [7, 11) is 1.59. The average molecular weight is 469 g/mol. The van der Waals surface area contributed by atoms with Crippen LogP contribution in [0.4, 0.5) is 0 Å². The molecule has 1 amide bonds. The molecular weight excluding hydrogens is 444 g/mol. The van der Waals surface area contributed by atoms with E-state index in [0.29, 0.717) is 41.5 Å². The Morgan fingerprint density at radius 3 is 2.89 bits per heavy atom. The average Bonchev–Trinajstić information content (AvgIpc) is 3.65. The molecule has 5 rings (SSSR count). The van der Waals surface area contributed by atoms with Gasteiger partial charge in [-0.25, -0.2) is 4.68 Å². The van der Waals surface area contributed by atoms with E-state index in [-0.39, 0.29) is 11.7 Å². The van der Waals surface area contributed by atoms with E-state index >= 15 is 0 Å². The van der Waals surface area contributed by atoms with Crippen LogP contribution in [0.15, 0.2) is 70.8 Å². The second kappa shape index (κ2) is 9.87. The molecule has 1 saturated heterocycles. The Balaban J connectivity index is 1.54. The van der Waals surface area contributed by atoms with Gasteiger partial charge in [0, 0.05) is 30.3 Å². The van der Waals surface area contributed by atoms with Crippen molar-refractivity contribution in [1.29, 1.82) is 5.26 Å². The smallest absolute Gasteiger partial charge is 0.262 e. The molecule has 2 aromatic heterocycles. The number of furan rings is 1. The lowest BCUT2D eigenvalue weighted by molar-refractivity contribution is -0.117. The van der Waals surface area contributed by atoms with Crippen molar-refractivity contribution in [2.45, 2.75) is 18.9 Å². The Bertz CT molecular complexity index is 1420. The molecule has 0 bridgehead atoms. The number of nitriles is 1. The minimum absolute atomic E-state index is 0.0131. The molecule has 0 spiro atoms. The third-order valence-electron chi connectivity index (χ3n) is 5.90. The Hall–Kier alpha value is -4.35. The van der Waals surface area contributed by atoms with Crippen LogP contribution in [0.3, 0.4) is 0 Å². The van der Waals surface area contributed by atoms with E-state index in [9.17, 15) is 10.1 Å². The minimum atomic E-state index is -0.451. The number of amides is 1. The number of nitrogens with one attached hydrogen (secondary N) is 1. The van der Waals surface area contributed by atoms with E-state index in [1.165, 1.54) is 6.08 Å². The number of ether oxygens (including phenoxy) is 2. The Kier molecular flexibility index (Phi) is 6.33. The summed E-state index contributed by atoms with van der Waals surface area (Å²) in [6.45, 7) is 1.07. The summed E-state index contributed by atoms with van der Waals surface area (Å²) in [5.74, 6) is 0.662. The number of para-hydroxylation sites is 2. The van der Waals surface area contributed by atoms with E-state index < -0.39 is 5.91 Å². The number of aromatic nitrogens is 2. The van der Waals surface area contributed by atoms with Gasteiger partial charge in [-0.3, -0.25) is 4.79 Å².